The molecule has 3 aromatic rings. The number of amides is 2. The van der Waals surface area contributed by atoms with Crippen molar-refractivity contribution in [2.45, 2.75) is 32.2 Å². The van der Waals surface area contributed by atoms with Crippen LogP contribution in [0.2, 0.25) is 0 Å². The molecule has 3 aromatic carbocycles. The fraction of sp³-hybridized carbons (Fsp3) is 0.259. The molecule has 1 fully saturated rings. The van der Waals surface area contributed by atoms with Crippen molar-refractivity contribution in [2.75, 3.05) is 18.5 Å². The van der Waals surface area contributed by atoms with Gasteiger partial charge in [-0.1, -0.05) is 30.3 Å². The van der Waals surface area contributed by atoms with Gasteiger partial charge in [0.05, 0.1) is 28.7 Å². The Labute approximate surface area is 220 Å². The summed E-state index contributed by atoms with van der Waals surface area (Å²) in [5.41, 5.74) is -0.911. The molecule has 1 N–H and O–H groups in total. The van der Waals surface area contributed by atoms with Crippen molar-refractivity contribution < 1.29 is 36.8 Å². The Morgan fingerprint density at radius 1 is 1.05 bits per heavy atom. The van der Waals surface area contributed by atoms with Crippen LogP contribution in [0.5, 0.6) is 0 Å². The van der Waals surface area contributed by atoms with E-state index in [0.717, 1.165) is 12.1 Å². The number of nitro groups is 1. The Kier molecular flexibility index (Phi) is 7.68. The number of anilines is 1. The third kappa shape index (κ3) is 5.75. The van der Waals surface area contributed by atoms with Crippen molar-refractivity contribution in [1.29, 1.82) is 0 Å². The van der Waals surface area contributed by atoms with Gasteiger partial charge in [-0.15, -0.1) is 0 Å². The van der Waals surface area contributed by atoms with E-state index in [1.165, 1.54) is 54.3 Å². The van der Waals surface area contributed by atoms with Crippen LogP contribution in [0.1, 0.15) is 38.7 Å². The molecule has 0 bridgehead atoms. The molecule has 0 unspecified atom stereocenters. The van der Waals surface area contributed by atoms with Crippen LogP contribution in [0.3, 0.4) is 0 Å². The molecule has 1 aliphatic rings. The predicted molar refractivity (Wildman–Crippen MR) is 133 cm³/mol. The lowest BCUT2D eigenvalue weighted by Gasteiger charge is -2.41. The summed E-state index contributed by atoms with van der Waals surface area (Å²) >= 11 is 0. The van der Waals surface area contributed by atoms with E-state index in [1.54, 1.807) is 13.0 Å². The van der Waals surface area contributed by atoms with E-state index in [0.29, 0.717) is 5.56 Å². The highest BCUT2D eigenvalue weighted by atomic mass is 19.4. The summed E-state index contributed by atoms with van der Waals surface area (Å²) in [7, 11) is 0. The smallest absolute Gasteiger partial charge is 0.364 e. The van der Waals surface area contributed by atoms with Crippen molar-refractivity contribution in [3.05, 3.63) is 104 Å². The molecule has 39 heavy (non-hydrogen) atoms. The van der Waals surface area contributed by atoms with Crippen LogP contribution in [0.15, 0.2) is 60.7 Å². The number of nitrogens with zero attached hydrogens (tertiary/aromatic N) is 2. The Bertz CT molecular complexity index is 1410. The van der Waals surface area contributed by atoms with Crippen LogP contribution in [0.25, 0.3) is 0 Å². The first kappa shape index (κ1) is 27.7. The molecule has 204 valence electrons. The van der Waals surface area contributed by atoms with Crippen molar-refractivity contribution >= 4 is 23.2 Å². The second-order valence-electron chi connectivity index (χ2n) is 9.03. The monoisotopic (exact) mass is 545 g/mol. The Hall–Kier alpha value is -4.32. The first-order valence-corrected chi connectivity index (χ1v) is 11.8. The summed E-state index contributed by atoms with van der Waals surface area (Å²) in [5.74, 6) is -2.35. The molecule has 12 heteroatoms. The number of morpholine rings is 1. The number of carbonyl (C=O) groups excluding carboxylic acids is 2. The van der Waals surface area contributed by atoms with Crippen LogP contribution >= 0.6 is 0 Å². The number of aryl methyl sites for hydroxylation is 2. The van der Waals surface area contributed by atoms with Crippen LogP contribution in [-0.4, -0.2) is 40.9 Å². The molecule has 8 nitrogen and oxygen atoms in total. The molecule has 1 aliphatic heterocycles. The van der Waals surface area contributed by atoms with Gasteiger partial charge in [-0.05, 0) is 48.7 Å². The van der Waals surface area contributed by atoms with Crippen LogP contribution in [0.4, 0.5) is 28.9 Å². The molecular weight excluding hydrogens is 522 g/mol. The molecule has 4 rings (SSSR count). The molecular formula is C27H23F4N3O5. The average molecular weight is 545 g/mol. The fourth-order valence-electron chi connectivity index (χ4n) is 4.53. The van der Waals surface area contributed by atoms with E-state index >= 15 is 0 Å². The number of rotatable bonds is 5. The summed E-state index contributed by atoms with van der Waals surface area (Å²) in [4.78, 5) is 38.7. The zero-order valence-electron chi connectivity index (χ0n) is 20.8. The summed E-state index contributed by atoms with van der Waals surface area (Å²) < 4.78 is 60.6. The summed E-state index contributed by atoms with van der Waals surface area (Å²) in [6.07, 6.45) is -6.07. The van der Waals surface area contributed by atoms with E-state index in [2.05, 4.69) is 5.32 Å². The average Bonchev–Trinajstić information content (AvgIpc) is 2.88. The standard InChI is InChI=1S/C27H23F4N3O5/c1-15-6-9-18(14-20(15)27(29,30)31)32-25(35)24-23(17-7-10-19(11-8-17)34(37)38)33(12-13-39-24)26(36)22-16(2)4-3-5-21(22)28/h3-11,14,23-24H,12-13H2,1-2H3,(H,32,35)/t23-,24-/m0/s1. The number of non-ortho nitro benzene ring substituents is 1. The van der Waals surface area contributed by atoms with Gasteiger partial charge in [-0.2, -0.15) is 13.2 Å². The maximum atomic E-state index is 14.7. The molecule has 0 aliphatic carbocycles. The van der Waals surface area contributed by atoms with Gasteiger partial charge in [0, 0.05) is 24.4 Å². The number of alkyl halides is 3. The van der Waals surface area contributed by atoms with E-state index in [9.17, 15) is 37.3 Å². The minimum atomic E-state index is -4.64. The van der Waals surface area contributed by atoms with Gasteiger partial charge >= 0.3 is 6.18 Å². The number of halogens is 4. The van der Waals surface area contributed by atoms with Gasteiger partial charge in [-0.25, -0.2) is 4.39 Å². The van der Waals surface area contributed by atoms with E-state index in [-0.39, 0.29) is 41.2 Å². The van der Waals surface area contributed by atoms with Gasteiger partial charge in [0.1, 0.15) is 5.82 Å². The van der Waals surface area contributed by atoms with Gasteiger partial charge in [0.25, 0.3) is 17.5 Å². The summed E-state index contributed by atoms with van der Waals surface area (Å²) in [6, 6.07) is 11.3. The number of nitro benzene ring substituents is 1. The molecule has 1 saturated heterocycles. The third-order valence-corrected chi connectivity index (χ3v) is 6.46. The van der Waals surface area contributed by atoms with Crippen LogP contribution in [0, 0.1) is 29.8 Å². The van der Waals surface area contributed by atoms with Gasteiger partial charge in [-0.3, -0.25) is 19.7 Å². The predicted octanol–water partition coefficient (Wildman–Crippen LogP) is 5.59. The highest BCUT2D eigenvalue weighted by molar-refractivity contribution is 5.99. The topological polar surface area (TPSA) is 102 Å². The Balaban J connectivity index is 1.73. The van der Waals surface area contributed by atoms with E-state index in [1.807, 2.05) is 0 Å². The Morgan fingerprint density at radius 3 is 2.36 bits per heavy atom. The number of benzene rings is 3. The zero-order chi connectivity index (χ0) is 28.5. The quantitative estimate of drug-likeness (QED) is 0.256. The van der Waals surface area contributed by atoms with Crippen molar-refractivity contribution in [2.24, 2.45) is 0 Å². The molecule has 0 radical (unpaired) electrons. The number of hydrogen-bond donors (Lipinski definition) is 1. The fourth-order valence-corrected chi connectivity index (χ4v) is 4.53. The van der Waals surface area contributed by atoms with Crippen LogP contribution < -0.4 is 5.32 Å². The molecule has 0 spiro atoms. The van der Waals surface area contributed by atoms with Crippen molar-refractivity contribution in [1.82, 2.24) is 4.90 Å². The largest absolute Gasteiger partial charge is 0.416 e. The Morgan fingerprint density at radius 2 is 1.74 bits per heavy atom. The van der Waals surface area contributed by atoms with Crippen molar-refractivity contribution in [3.63, 3.8) is 0 Å². The number of carbonyl (C=O) groups is 2. The summed E-state index contributed by atoms with van der Waals surface area (Å²) in [5, 5.41) is 13.6. The van der Waals surface area contributed by atoms with Gasteiger partial charge in [0.15, 0.2) is 6.10 Å². The second kappa shape index (κ2) is 10.8. The van der Waals surface area contributed by atoms with Crippen LogP contribution in [-0.2, 0) is 15.7 Å². The zero-order valence-corrected chi connectivity index (χ0v) is 20.8. The first-order valence-electron chi connectivity index (χ1n) is 11.8. The van der Waals surface area contributed by atoms with Gasteiger partial charge in [0.2, 0.25) is 0 Å². The SMILES string of the molecule is Cc1ccc(NC(=O)[C@H]2OCCN(C(=O)c3c(C)cccc3F)[C@H]2c2ccc([N+](=O)[O-])cc2)cc1C(F)(F)F. The first-order chi connectivity index (χ1) is 18.4. The van der Waals surface area contributed by atoms with Crippen molar-refractivity contribution in [3.8, 4) is 0 Å². The molecule has 2 atom stereocenters. The lowest BCUT2D eigenvalue weighted by molar-refractivity contribution is -0.384. The maximum Gasteiger partial charge on any atom is 0.416 e. The van der Waals surface area contributed by atoms with E-state index in [4.69, 9.17) is 4.74 Å². The number of ether oxygens (including phenoxy) is 1. The normalized spacial score (nSPS) is 17.5. The van der Waals surface area contributed by atoms with Gasteiger partial charge < -0.3 is 15.0 Å². The lowest BCUT2D eigenvalue weighted by atomic mass is 9.95. The number of hydrogen-bond acceptors (Lipinski definition) is 5. The van der Waals surface area contributed by atoms with E-state index < -0.39 is 46.4 Å². The minimum absolute atomic E-state index is 0.0322. The highest BCUT2D eigenvalue weighted by Gasteiger charge is 2.42. The third-order valence-electron chi connectivity index (χ3n) is 6.46. The number of nitrogens with one attached hydrogen (secondary N) is 1. The lowest BCUT2D eigenvalue weighted by Crippen LogP contribution is -2.52. The second-order valence-corrected chi connectivity index (χ2v) is 9.03. The summed E-state index contributed by atoms with van der Waals surface area (Å²) in [6.45, 7) is 2.68. The maximum absolute atomic E-state index is 14.7. The highest BCUT2D eigenvalue weighted by Crippen LogP contribution is 2.36. The molecule has 0 aromatic heterocycles. The molecule has 1 heterocycles. The minimum Gasteiger partial charge on any atom is -0.364 e. The molecule has 0 saturated carbocycles. The molecule has 2 amide bonds.